The Kier molecular flexibility index (Phi) is 5.29. The van der Waals surface area contributed by atoms with Crippen LogP contribution in [0.4, 0.5) is 5.95 Å². The standard InChI is InChI=1S/C20H26N6O2/c1-13(2)16-12-23-26-18(16)24-20(28-15-7-5-9-21-11-15)25-19(26)22-10-14-6-3-4-8-17(14)27/h3-4,6,8,12-13,15,21,27H,5,7,9-11H2,1-2H3,(H,22,24,25). The molecule has 1 aromatic carbocycles. The van der Waals surface area contributed by atoms with E-state index in [1.165, 1.54) is 0 Å². The zero-order valence-electron chi connectivity index (χ0n) is 16.2. The third-order valence-corrected chi connectivity index (χ3v) is 4.95. The van der Waals surface area contributed by atoms with E-state index in [1.807, 2.05) is 18.3 Å². The molecule has 1 aliphatic heterocycles. The van der Waals surface area contributed by atoms with Crippen LogP contribution in [0.5, 0.6) is 11.8 Å². The number of aromatic hydroxyl groups is 1. The summed E-state index contributed by atoms with van der Waals surface area (Å²) in [5, 5.41) is 21.1. The number of phenolic OH excluding ortho intramolecular Hbond substituents is 1. The Hall–Kier alpha value is -2.87. The molecule has 0 saturated carbocycles. The number of aromatic nitrogens is 4. The summed E-state index contributed by atoms with van der Waals surface area (Å²) in [5.41, 5.74) is 2.56. The Labute approximate surface area is 164 Å². The lowest BCUT2D eigenvalue weighted by atomic mass is 10.1. The van der Waals surface area contributed by atoms with Crippen molar-refractivity contribution in [3.05, 3.63) is 41.6 Å². The molecule has 1 atom stereocenters. The van der Waals surface area contributed by atoms with Gasteiger partial charge in [0.05, 0.1) is 6.20 Å². The second-order valence-corrected chi connectivity index (χ2v) is 7.39. The highest BCUT2D eigenvalue weighted by atomic mass is 16.5. The van der Waals surface area contributed by atoms with E-state index in [-0.39, 0.29) is 17.8 Å². The number of ether oxygens (including phenoxy) is 1. The predicted molar refractivity (Wildman–Crippen MR) is 107 cm³/mol. The van der Waals surface area contributed by atoms with Crippen molar-refractivity contribution in [1.29, 1.82) is 0 Å². The van der Waals surface area contributed by atoms with Gasteiger partial charge in [-0.1, -0.05) is 32.0 Å². The second kappa shape index (κ2) is 8.02. The average Bonchev–Trinajstić information content (AvgIpc) is 3.12. The van der Waals surface area contributed by atoms with Gasteiger partial charge < -0.3 is 20.5 Å². The number of hydrogen-bond acceptors (Lipinski definition) is 7. The molecular weight excluding hydrogens is 356 g/mol. The third kappa shape index (κ3) is 3.87. The van der Waals surface area contributed by atoms with Gasteiger partial charge in [0.25, 0.3) is 0 Å². The lowest BCUT2D eigenvalue weighted by molar-refractivity contribution is 0.153. The molecule has 3 aromatic rings. The normalized spacial score (nSPS) is 17.2. The first kappa shape index (κ1) is 18.5. The summed E-state index contributed by atoms with van der Waals surface area (Å²) >= 11 is 0. The van der Waals surface area contributed by atoms with Crippen molar-refractivity contribution in [2.24, 2.45) is 0 Å². The molecule has 2 aromatic heterocycles. The molecule has 1 saturated heterocycles. The number of fused-ring (bicyclic) bond motifs is 1. The maximum Gasteiger partial charge on any atom is 0.322 e. The molecule has 0 aliphatic carbocycles. The van der Waals surface area contributed by atoms with Gasteiger partial charge in [-0.05, 0) is 31.4 Å². The molecule has 8 heteroatoms. The average molecular weight is 382 g/mol. The minimum Gasteiger partial charge on any atom is -0.508 e. The number of rotatable bonds is 6. The van der Waals surface area contributed by atoms with Gasteiger partial charge in [0.1, 0.15) is 11.9 Å². The Morgan fingerprint density at radius 1 is 1.32 bits per heavy atom. The zero-order valence-corrected chi connectivity index (χ0v) is 16.2. The van der Waals surface area contributed by atoms with Gasteiger partial charge in [-0.2, -0.15) is 19.6 Å². The monoisotopic (exact) mass is 382 g/mol. The van der Waals surface area contributed by atoms with Crippen molar-refractivity contribution in [1.82, 2.24) is 24.9 Å². The first-order valence-corrected chi connectivity index (χ1v) is 9.75. The van der Waals surface area contributed by atoms with E-state index < -0.39 is 0 Å². The molecule has 0 spiro atoms. The number of piperidine rings is 1. The van der Waals surface area contributed by atoms with Crippen LogP contribution in [-0.4, -0.2) is 43.9 Å². The SMILES string of the molecule is CC(C)c1cnn2c(NCc3ccccc3O)nc(OC3CCCNC3)nc12. The molecule has 0 bridgehead atoms. The Morgan fingerprint density at radius 2 is 2.18 bits per heavy atom. The Morgan fingerprint density at radius 3 is 2.93 bits per heavy atom. The molecule has 148 valence electrons. The number of nitrogens with zero attached hydrogens (tertiary/aromatic N) is 4. The van der Waals surface area contributed by atoms with Gasteiger partial charge in [-0.25, -0.2) is 0 Å². The first-order valence-electron chi connectivity index (χ1n) is 9.75. The molecule has 28 heavy (non-hydrogen) atoms. The fraction of sp³-hybridized carbons (Fsp3) is 0.450. The summed E-state index contributed by atoms with van der Waals surface area (Å²) in [4.78, 5) is 9.19. The van der Waals surface area contributed by atoms with Crippen LogP contribution in [0, 0.1) is 0 Å². The van der Waals surface area contributed by atoms with Crippen LogP contribution in [0.2, 0.25) is 0 Å². The maximum absolute atomic E-state index is 10.0. The smallest absolute Gasteiger partial charge is 0.322 e. The fourth-order valence-electron chi connectivity index (χ4n) is 3.35. The van der Waals surface area contributed by atoms with E-state index in [2.05, 4.69) is 39.5 Å². The second-order valence-electron chi connectivity index (χ2n) is 7.39. The molecule has 0 radical (unpaired) electrons. The molecule has 4 rings (SSSR count). The van der Waals surface area contributed by atoms with Crippen LogP contribution in [0.15, 0.2) is 30.5 Å². The minimum absolute atomic E-state index is 0.0626. The quantitative estimate of drug-likeness (QED) is 0.603. The minimum atomic E-state index is 0.0626. The summed E-state index contributed by atoms with van der Waals surface area (Å²) in [5.74, 6) is 1.06. The third-order valence-electron chi connectivity index (χ3n) is 4.95. The number of hydrogen-bond donors (Lipinski definition) is 3. The lowest BCUT2D eigenvalue weighted by Gasteiger charge is -2.23. The van der Waals surface area contributed by atoms with Crippen molar-refractivity contribution in [3.63, 3.8) is 0 Å². The highest BCUT2D eigenvalue weighted by molar-refractivity contribution is 5.53. The van der Waals surface area contributed by atoms with Crippen LogP contribution >= 0.6 is 0 Å². The summed E-state index contributed by atoms with van der Waals surface area (Å²) < 4.78 is 7.76. The molecule has 8 nitrogen and oxygen atoms in total. The lowest BCUT2D eigenvalue weighted by Crippen LogP contribution is -2.37. The Bertz CT molecular complexity index is 949. The summed E-state index contributed by atoms with van der Waals surface area (Å²) in [6.45, 7) is 6.46. The van der Waals surface area contributed by atoms with Crippen LogP contribution in [0.1, 0.15) is 43.7 Å². The number of nitrogens with one attached hydrogen (secondary N) is 2. The highest BCUT2D eigenvalue weighted by Crippen LogP contribution is 2.24. The molecule has 1 fully saturated rings. The molecule has 1 aliphatic rings. The molecule has 0 amide bonds. The van der Waals surface area contributed by atoms with Crippen molar-refractivity contribution >= 4 is 11.6 Å². The van der Waals surface area contributed by atoms with Crippen molar-refractivity contribution in [2.45, 2.75) is 45.3 Å². The van der Waals surface area contributed by atoms with E-state index in [4.69, 9.17) is 4.74 Å². The summed E-state index contributed by atoms with van der Waals surface area (Å²) in [6.07, 6.45) is 3.95. The predicted octanol–water partition coefficient (Wildman–Crippen LogP) is 2.70. The number of benzene rings is 1. The van der Waals surface area contributed by atoms with Crippen LogP contribution in [-0.2, 0) is 6.54 Å². The molecule has 3 heterocycles. The van der Waals surface area contributed by atoms with Gasteiger partial charge in [0.15, 0.2) is 5.65 Å². The van der Waals surface area contributed by atoms with Crippen molar-refractivity contribution < 1.29 is 9.84 Å². The van der Waals surface area contributed by atoms with Crippen LogP contribution in [0.3, 0.4) is 0 Å². The van der Waals surface area contributed by atoms with E-state index in [0.717, 1.165) is 42.7 Å². The van der Waals surface area contributed by atoms with Crippen LogP contribution in [0.25, 0.3) is 5.65 Å². The van der Waals surface area contributed by atoms with Gasteiger partial charge in [-0.15, -0.1) is 0 Å². The van der Waals surface area contributed by atoms with E-state index >= 15 is 0 Å². The molecule has 3 N–H and O–H groups in total. The molecular formula is C20H26N6O2. The fourth-order valence-corrected chi connectivity index (χ4v) is 3.35. The summed E-state index contributed by atoms with van der Waals surface area (Å²) in [6, 6.07) is 7.58. The first-order chi connectivity index (χ1) is 13.6. The number of phenols is 1. The van der Waals surface area contributed by atoms with E-state index in [0.29, 0.717) is 18.5 Å². The zero-order chi connectivity index (χ0) is 19.5. The largest absolute Gasteiger partial charge is 0.508 e. The highest BCUT2D eigenvalue weighted by Gasteiger charge is 2.20. The molecule has 1 unspecified atom stereocenters. The number of para-hydroxylation sites is 1. The topological polar surface area (TPSA) is 96.6 Å². The van der Waals surface area contributed by atoms with Gasteiger partial charge >= 0.3 is 6.01 Å². The Balaban J connectivity index is 1.65. The maximum atomic E-state index is 10.0. The van der Waals surface area contributed by atoms with Crippen molar-refractivity contribution in [3.8, 4) is 11.8 Å². The van der Waals surface area contributed by atoms with E-state index in [1.54, 1.807) is 16.6 Å². The van der Waals surface area contributed by atoms with E-state index in [9.17, 15) is 5.11 Å². The van der Waals surface area contributed by atoms with Crippen LogP contribution < -0.4 is 15.4 Å². The van der Waals surface area contributed by atoms with Gasteiger partial charge in [0.2, 0.25) is 5.95 Å². The van der Waals surface area contributed by atoms with Gasteiger partial charge in [-0.3, -0.25) is 0 Å². The number of anilines is 1. The van der Waals surface area contributed by atoms with Gasteiger partial charge in [0, 0.05) is 24.2 Å². The van der Waals surface area contributed by atoms with Crippen molar-refractivity contribution in [2.75, 3.05) is 18.4 Å². The summed E-state index contributed by atoms with van der Waals surface area (Å²) in [7, 11) is 0.